The zero-order chi connectivity index (χ0) is 21.7. The highest BCUT2D eigenvalue weighted by Crippen LogP contribution is 2.29. The van der Waals surface area contributed by atoms with Gasteiger partial charge in [-0.25, -0.2) is 0 Å². The van der Waals surface area contributed by atoms with Gasteiger partial charge in [-0.3, -0.25) is 9.59 Å². The maximum absolute atomic E-state index is 12.6. The van der Waals surface area contributed by atoms with Crippen LogP contribution in [-0.4, -0.2) is 34.8 Å². The minimum Gasteiger partial charge on any atom is -0.497 e. The summed E-state index contributed by atoms with van der Waals surface area (Å²) in [5, 5.41) is 6.68. The second-order valence-electron chi connectivity index (χ2n) is 6.56. The fourth-order valence-corrected chi connectivity index (χ4v) is 3.04. The molecule has 158 valence electrons. The molecule has 0 unspecified atom stereocenters. The maximum atomic E-state index is 12.6. The Balaban J connectivity index is 1.68. The summed E-state index contributed by atoms with van der Waals surface area (Å²) in [6, 6.07) is 8.65. The Hall–Kier alpha value is -3.62. The number of methoxy groups -OCH3 is 2. The molecule has 2 heterocycles. The molecule has 1 N–H and O–H groups in total. The van der Waals surface area contributed by atoms with E-state index in [4.69, 9.17) is 14.0 Å². The van der Waals surface area contributed by atoms with Crippen molar-refractivity contribution in [1.29, 1.82) is 0 Å². The van der Waals surface area contributed by atoms with Crippen molar-refractivity contribution in [2.75, 3.05) is 19.5 Å². The minimum absolute atomic E-state index is 0.120. The SMILES string of the molecule is CCn1c(C)ccc(-c2noc(CCC(=O)Nc3cc(OC)ccc3OC)n2)c1=O. The lowest BCUT2D eigenvalue weighted by Crippen LogP contribution is -2.23. The molecule has 0 radical (unpaired) electrons. The molecule has 0 fully saturated rings. The van der Waals surface area contributed by atoms with E-state index in [2.05, 4.69) is 15.5 Å². The first-order valence-corrected chi connectivity index (χ1v) is 9.52. The number of rotatable bonds is 8. The highest BCUT2D eigenvalue weighted by Gasteiger charge is 2.16. The zero-order valence-electron chi connectivity index (χ0n) is 17.4. The molecule has 1 aromatic carbocycles. The average molecular weight is 412 g/mol. The summed E-state index contributed by atoms with van der Waals surface area (Å²) in [5.74, 6) is 1.37. The Morgan fingerprint density at radius 3 is 2.70 bits per heavy atom. The number of pyridine rings is 1. The number of carbonyl (C=O) groups is 1. The number of anilines is 1. The molecule has 0 aliphatic heterocycles. The predicted molar refractivity (Wildman–Crippen MR) is 111 cm³/mol. The van der Waals surface area contributed by atoms with Gasteiger partial charge in [0.1, 0.15) is 11.5 Å². The van der Waals surface area contributed by atoms with E-state index in [0.29, 0.717) is 29.3 Å². The van der Waals surface area contributed by atoms with Gasteiger partial charge in [-0.1, -0.05) is 5.16 Å². The number of aromatic nitrogens is 3. The number of carbonyl (C=O) groups excluding carboxylic acids is 1. The van der Waals surface area contributed by atoms with E-state index < -0.39 is 0 Å². The van der Waals surface area contributed by atoms with Crippen molar-refractivity contribution in [3.8, 4) is 22.9 Å². The van der Waals surface area contributed by atoms with Gasteiger partial charge in [-0.05, 0) is 38.1 Å². The molecular weight excluding hydrogens is 388 g/mol. The van der Waals surface area contributed by atoms with Crippen LogP contribution in [0.15, 0.2) is 39.6 Å². The molecule has 3 aromatic rings. The molecule has 0 aliphatic rings. The topological polar surface area (TPSA) is 108 Å². The molecule has 0 bridgehead atoms. The van der Waals surface area contributed by atoms with Crippen LogP contribution < -0.4 is 20.3 Å². The molecule has 0 saturated carbocycles. The number of aryl methyl sites for hydroxylation is 2. The van der Waals surface area contributed by atoms with Gasteiger partial charge >= 0.3 is 0 Å². The average Bonchev–Trinajstić information content (AvgIpc) is 3.21. The van der Waals surface area contributed by atoms with Crippen molar-refractivity contribution in [2.24, 2.45) is 0 Å². The summed E-state index contributed by atoms with van der Waals surface area (Å²) in [5.41, 5.74) is 1.56. The van der Waals surface area contributed by atoms with Crippen LogP contribution in [0.2, 0.25) is 0 Å². The van der Waals surface area contributed by atoms with Gasteiger partial charge in [0.25, 0.3) is 5.56 Å². The van der Waals surface area contributed by atoms with E-state index in [1.54, 1.807) is 35.9 Å². The standard InChI is InChI=1S/C21H24N4O5/c1-5-25-13(2)6-8-15(21(25)27)20-23-19(30-24-20)11-10-18(26)22-16-12-14(28-3)7-9-17(16)29-4/h6-9,12H,5,10-11H2,1-4H3,(H,22,26). The summed E-state index contributed by atoms with van der Waals surface area (Å²) >= 11 is 0. The van der Waals surface area contributed by atoms with Gasteiger partial charge in [0, 0.05) is 31.1 Å². The van der Waals surface area contributed by atoms with E-state index in [0.717, 1.165) is 5.69 Å². The van der Waals surface area contributed by atoms with E-state index in [-0.39, 0.29) is 36.0 Å². The third-order valence-corrected chi connectivity index (χ3v) is 4.66. The van der Waals surface area contributed by atoms with Gasteiger partial charge < -0.3 is 23.9 Å². The Kier molecular flexibility index (Phi) is 6.51. The van der Waals surface area contributed by atoms with Crippen LogP contribution in [0.5, 0.6) is 11.5 Å². The van der Waals surface area contributed by atoms with Gasteiger partial charge in [0.05, 0.1) is 25.5 Å². The number of amides is 1. The highest BCUT2D eigenvalue weighted by molar-refractivity contribution is 5.92. The van der Waals surface area contributed by atoms with Crippen molar-refractivity contribution < 1.29 is 18.8 Å². The monoisotopic (exact) mass is 412 g/mol. The molecule has 9 nitrogen and oxygen atoms in total. The van der Waals surface area contributed by atoms with E-state index in [9.17, 15) is 9.59 Å². The molecule has 0 atom stereocenters. The summed E-state index contributed by atoms with van der Waals surface area (Å²) in [7, 11) is 3.07. The Labute approximate surface area is 173 Å². The molecule has 0 aliphatic carbocycles. The lowest BCUT2D eigenvalue weighted by atomic mass is 10.2. The van der Waals surface area contributed by atoms with Crippen LogP contribution in [0.25, 0.3) is 11.4 Å². The second kappa shape index (κ2) is 9.25. The molecule has 30 heavy (non-hydrogen) atoms. The van der Waals surface area contributed by atoms with Crippen molar-refractivity contribution in [3.63, 3.8) is 0 Å². The van der Waals surface area contributed by atoms with Crippen LogP contribution in [0.1, 0.15) is 24.9 Å². The molecular formula is C21H24N4O5. The summed E-state index contributed by atoms with van der Waals surface area (Å²) in [4.78, 5) is 29.2. The predicted octanol–water partition coefficient (Wildman–Crippen LogP) is 2.82. The van der Waals surface area contributed by atoms with Crippen LogP contribution in [-0.2, 0) is 17.8 Å². The van der Waals surface area contributed by atoms with Crippen LogP contribution in [0.4, 0.5) is 5.69 Å². The third-order valence-electron chi connectivity index (χ3n) is 4.66. The largest absolute Gasteiger partial charge is 0.497 e. The molecule has 0 spiro atoms. The van der Waals surface area contributed by atoms with Gasteiger partial charge in [-0.2, -0.15) is 4.98 Å². The summed E-state index contributed by atoms with van der Waals surface area (Å²) < 4.78 is 17.3. The molecule has 3 rings (SSSR count). The van der Waals surface area contributed by atoms with E-state index in [1.165, 1.54) is 7.11 Å². The highest BCUT2D eigenvalue weighted by atomic mass is 16.5. The fourth-order valence-electron chi connectivity index (χ4n) is 3.04. The van der Waals surface area contributed by atoms with E-state index >= 15 is 0 Å². The Morgan fingerprint density at radius 2 is 2.00 bits per heavy atom. The van der Waals surface area contributed by atoms with Gasteiger partial charge in [0.2, 0.25) is 17.6 Å². The van der Waals surface area contributed by atoms with E-state index in [1.807, 2.05) is 19.9 Å². The Morgan fingerprint density at radius 1 is 1.20 bits per heavy atom. The number of hydrogen-bond acceptors (Lipinski definition) is 7. The minimum atomic E-state index is -0.245. The van der Waals surface area contributed by atoms with Crippen LogP contribution >= 0.6 is 0 Å². The van der Waals surface area contributed by atoms with Crippen LogP contribution in [0, 0.1) is 6.92 Å². The number of nitrogens with one attached hydrogen (secondary N) is 1. The smallest absolute Gasteiger partial charge is 0.261 e. The first-order valence-electron chi connectivity index (χ1n) is 9.52. The molecule has 1 amide bonds. The lowest BCUT2D eigenvalue weighted by molar-refractivity contribution is -0.116. The van der Waals surface area contributed by atoms with Crippen LogP contribution in [0.3, 0.4) is 0 Å². The second-order valence-corrected chi connectivity index (χ2v) is 6.56. The normalized spacial score (nSPS) is 10.7. The van der Waals surface area contributed by atoms with Gasteiger partial charge in [0.15, 0.2) is 0 Å². The van der Waals surface area contributed by atoms with Crippen molar-refractivity contribution in [3.05, 3.63) is 52.3 Å². The first-order chi connectivity index (χ1) is 14.5. The first kappa shape index (κ1) is 21.1. The maximum Gasteiger partial charge on any atom is 0.261 e. The Bertz CT molecular complexity index is 1100. The fraction of sp³-hybridized carbons (Fsp3) is 0.333. The molecule has 9 heteroatoms. The van der Waals surface area contributed by atoms with Crippen molar-refractivity contribution >= 4 is 11.6 Å². The number of hydrogen-bond donors (Lipinski definition) is 1. The zero-order valence-corrected chi connectivity index (χ0v) is 17.4. The van der Waals surface area contributed by atoms with Crippen molar-refractivity contribution in [2.45, 2.75) is 33.2 Å². The third kappa shape index (κ3) is 4.51. The van der Waals surface area contributed by atoms with Gasteiger partial charge in [-0.15, -0.1) is 0 Å². The molecule has 2 aromatic heterocycles. The quantitative estimate of drug-likeness (QED) is 0.606. The summed E-state index contributed by atoms with van der Waals surface area (Å²) in [6.07, 6.45) is 0.355. The summed E-state index contributed by atoms with van der Waals surface area (Å²) in [6.45, 7) is 4.32. The number of nitrogens with zero attached hydrogens (tertiary/aromatic N) is 3. The lowest BCUT2D eigenvalue weighted by Gasteiger charge is -2.11. The van der Waals surface area contributed by atoms with Crippen molar-refractivity contribution in [1.82, 2.24) is 14.7 Å². The number of benzene rings is 1. The number of ether oxygens (including phenoxy) is 2. The molecule has 0 saturated heterocycles.